The van der Waals surface area contributed by atoms with E-state index in [1.54, 1.807) is 0 Å². The summed E-state index contributed by atoms with van der Waals surface area (Å²) in [6.45, 7) is 2.63. The Balaban J connectivity index is 3.60. The van der Waals surface area contributed by atoms with E-state index >= 15 is 0 Å². The molecule has 2 N–H and O–H groups in total. The zero-order valence-electron chi connectivity index (χ0n) is 16.2. The van der Waals surface area contributed by atoms with E-state index in [1.165, 1.54) is 44.9 Å². The van der Waals surface area contributed by atoms with Crippen LogP contribution in [0.2, 0.25) is 0 Å². The molecule has 0 amide bonds. The van der Waals surface area contributed by atoms with E-state index < -0.39 is 33.7 Å². The van der Waals surface area contributed by atoms with Crippen molar-refractivity contribution in [1.82, 2.24) is 0 Å². The van der Waals surface area contributed by atoms with Gasteiger partial charge in [-0.15, -0.1) is 0 Å². The summed E-state index contributed by atoms with van der Waals surface area (Å²) in [5.41, 5.74) is 0. The lowest BCUT2D eigenvalue weighted by atomic mass is 10.1. The Morgan fingerprint density at radius 3 is 1.85 bits per heavy atom. The number of carbonyl (C=O) groups excluding carboxylic acids is 1. The number of aliphatic carboxylic acids is 1. The summed E-state index contributed by atoms with van der Waals surface area (Å²) in [5.74, 6) is -2.81. The van der Waals surface area contributed by atoms with Crippen LogP contribution in [-0.2, 0) is 29.2 Å². The number of unbranched alkanes of at least 4 members (excludes halogenated alkanes) is 9. The quantitative estimate of drug-likeness (QED) is 0.200. The highest BCUT2D eigenvalue weighted by Crippen LogP contribution is 2.10. The molecule has 0 radical (unpaired) electrons. The van der Waals surface area contributed by atoms with Gasteiger partial charge in [-0.3, -0.25) is 14.1 Å². The molecular formula is C18H34O8S. The SMILES string of the molecule is CCCCCCCCCCCCOCCOC(=O)C(CC(=O)O)S(=O)(=O)O. The number of ether oxygens (including phenoxy) is 2. The molecule has 0 aromatic carbocycles. The minimum Gasteiger partial charge on any atom is -0.481 e. The molecule has 8 nitrogen and oxygen atoms in total. The maximum atomic E-state index is 11.6. The highest BCUT2D eigenvalue weighted by Gasteiger charge is 2.34. The summed E-state index contributed by atoms with van der Waals surface area (Å²) in [4.78, 5) is 22.1. The molecule has 0 saturated carbocycles. The standard InChI is InChI=1S/C18H34O8S/c1-2-3-4-5-6-7-8-9-10-11-12-25-13-14-26-18(21)16(15-17(19)20)27(22,23)24/h16H,2-15H2,1H3,(H,19,20)(H,22,23,24). The fourth-order valence-electron chi connectivity index (χ4n) is 2.56. The fourth-order valence-corrected chi connectivity index (χ4v) is 3.22. The molecule has 1 unspecified atom stereocenters. The highest BCUT2D eigenvalue weighted by atomic mass is 32.2. The van der Waals surface area contributed by atoms with Gasteiger partial charge in [-0.1, -0.05) is 64.7 Å². The van der Waals surface area contributed by atoms with Gasteiger partial charge in [0, 0.05) is 6.61 Å². The van der Waals surface area contributed by atoms with Crippen LogP contribution < -0.4 is 0 Å². The third kappa shape index (κ3) is 15.6. The monoisotopic (exact) mass is 410 g/mol. The lowest BCUT2D eigenvalue weighted by Crippen LogP contribution is -2.34. The van der Waals surface area contributed by atoms with Gasteiger partial charge in [-0.2, -0.15) is 8.42 Å². The largest absolute Gasteiger partial charge is 0.481 e. The van der Waals surface area contributed by atoms with Crippen LogP contribution in [0.15, 0.2) is 0 Å². The van der Waals surface area contributed by atoms with Gasteiger partial charge < -0.3 is 14.6 Å². The average Bonchev–Trinajstić information content (AvgIpc) is 2.58. The Hall–Kier alpha value is -1.19. The number of rotatable bonds is 18. The van der Waals surface area contributed by atoms with Crippen molar-refractivity contribution in [2.24, 2.45) is 0 Å². The van der Waals surface area contributed by atoms with Crippen LogP contribution in [0.3, 0.4) is 0 Å². The van der Waals surface area contributed by atoms with Crippen molar-refractivity contribution >= 4 is 22.1 Å². The number of carboxylic acids is 1. The van der Waals surface area contributed by atoms with Crippen molar-refractivity contribution in [2.45, 2.75) is 82.8 Å². The molecule has 0 rings (SSSR count). The number of esters is 1. The van der Waals surface area contributed by atoms with E-state index in [0.29, 0.717) is 6.61 Å². The van der Waals surface area contributed by atoms with E-state index in [0.717, 1.165) is 19.3 Å². The van der Waals surface area contributed by atoms with Crippen LogP contribution in [-0.4, -0.2) is 55.1 Å². The van der Waals surface area contributed by atoms with Gasteiger partial charge in [0.05, 0.1) is 13.0 Å². The van der Waals surface area contributed by atoms with E-state index in [9.17, 15) is 18.0 Å². The van der Waals surface area contributed by atoms with Crippen molar-refractivity contribution in [3.8, 4) is 0 Å². The number of hydrogen-bond donors (Lipinski definition) is 2. The zero-order valence-corrected chi connectivity index (χ0v) is 17.0. The zero-order chi connectivity index (χ0) is 20.5. The lowest BCUT2D eigenvalue weighted by Gasteiger charge is -2.11. The van der Waals surface area contributed by atoms with Crippen LogP contribution in [0.5, 0.6) is 0 Å². The molecule has 160 valence electrons. The lowest BCUT2D eigenvalue weighted by molar-refractivity contribution is -0.148. The van der Waals surface area contributed by atoms with Gasteiger partial charge in [0.2, 0.25) is 0 Å². The fraction of sp³-hybridized carbons (Fsp3) is 0.889. The van der Waals surface area contributed by atoms with Crippen molar-refractivity contribution in [3.05, 3.63) is 0 Å². The normalized spacial score (nSPS) is 12.7. The van der Waals surface area contributed by atoms with Crippen molar-refractivity contribution in [1.29, 1.82) is 0 Å². The first-order valence-corrected chi connectivity index (χ1v) is 11.2. The van der Waals surface area contributed by atoms with E-state index in [-0.39, 0.29) is 13.2 Å². The van der Waals surface area contributed by atoms with Gasteiger partial charge in [-0.05, 0) is 6.42 Å². The van der Waals surface area contributed by atoms with Gasteiger partial charge >= 0.3 is 11.9 Å². The first kappa shape index (κ1) is 25.8. The molecule has 0 aliphatic rings. The molecule has 9 heteroatoms. The molecule has 0 spiro atoms. The van der Waals surface area contributed by atoms with E-state index in [2.05, 4.69) is 11.7 Å². The van der Waals surface area contributed by atoms with Gasteiger partial charge in [0.25, 0.3) is 10.1 Å². The molecule has 0 heterocycles. The second-order valence-corrected chi connectivity index (χ2v) is 8.16. The molecule has 0 bridgehead atoms. The van der Waals surface area contributed by atoms with Crippen LogP contribution >= 0.6 is 0 Å². The van der Waals surface area contributed by atoms with Crippen molar-refractivity contribution in [2.75, 3.05) is 19.8 Å². The molecule has 0 aliphatic heterocycles. The molecule has 0 fully saturated rings. The maximum absolute atomic E-state index is 11.6. The van der Waals surface area contributed by atoms with Crippen LogP contribution in [0.1, 0.15) is 77.6 Å². The van der Waals surface area contributed by atoms with Crippen LogP contribution in [0.25, 0.3) is 0 Å². The smallest absolute Gasteiger partial charge is 0.327 e. The highest BCUT2D eigenvalue weighted by molar-refractivity contribution is 7.87. The Morgan fingerprint density at radius 2 is 1.37 bits per heavy atom. The molecular weight excluding hydrogens is 376 g/mol. The summed E-state index contributed by atoms with van der Waals surface area (Å²) in [6, 6.07) is 0. The molecule has 0 aromatic heterocycles. The predicted octanol–water partition coefficient (Wildman–Crippen LogP) is 3.20. The average molecular weight is 411 g/mol. The Morgan fingerprint density at radius 1 is 0.852 bits per heavy atom. The molecule has 1 atom stereocenters. The number of hydrogen-bond acceptors (Lipinski definition) is 6. The number of carbonyl (C=O) groups is 2. The first-order valence-electron chi connectivity index (χ1n) is 9.71. The Bertz CT molecular complexity index is 503. The molecule has 0 aliphatic carbocycles. The molecule has 27 heavy (non-hydrogen) atoms. The van der Waals surface area contributed by atoms with Crippen LogP contribution in [0, 0.1) is 0 Å². The number of carboxylic acid groups (broad SMARTS) is 1. The summed E-state index contributed by atoms with van der Waals surface area (Å²) in [6.07, 6.45) is 11.1. The van der Waals surface area contributed by atoms with E-state index in [1.807, 2.05) is 0 Å². The van der Waals surface area contributed by atoms with E-state index in [4.69, 9.17) is 14.4 Å². The summed E-state index contributed by atoms with van der Waals surface area (Å²) < 4.78 is 40.9. The minimum atomic E-state index is -4.82. The second-order valence-electron chi connectivity index (χ2n) is 6.56. The summed E-state index contributed by atoms with van der Waals surface area (Å²) >= 11 is 0. The Kier molecular flexibility index (Phi) is 15.1. The molecule has 0 aromatic rings. The Labute approximate surface area is 162 Å². The topological polar surface area (TPSA) is 127 Å². The first-order chi connectivity index (χ1) is 12.8. The van der Waals surface area contributed by atoms with Gasteiger partial charge in [-0.25, -0.2) is 0 Å². The van der Waals surface area contributed by atoms with Gasteiger partial charge in [0.1, 0.15) is 6.61 Å². The third-order valence-electron chi connectivity index (χ3n) is 4.10. The van der Waals surface area contributed by atoms with Crippen molar-refractivity contribution in [3.63, 3.8) is 0 Å². The predicted molar refractivity (Wildman–Crippen MR) is 101 cm³/mol. The molecule has 0 saturated heterocycles. The van der Waals surface area contributed by atoms with Gasteiger partial charge in [0.15, 0.2) is 5.25 Å². The van der Waals surface area contributed by atoms with Crippen molar-refractivity contribution < 1.29 is 37.1 Å². The third-order valence-corrected chi connectivity index (χ3v) is 5.17. The van der Waals surface area contributed by atoms with Crippen LogP contribution in [0.4, 0.5) is 0 Å². The second kappa shape index (κ2) is 15.8. The minimum absolute atomic E-state index is 0.0917. The summed E-state index contributed by atoms with van der Waals surface area (Å²) in [5, 5.41) is 6.47. The maximum Gasteiger partial charge on any atom is 0.327 e. The summed E-state index contributed by atoms with van der Waals surface area (Å²) in [7, 11) is -4.82.